The van der Waals surface area contributed by atoms with Crippen molar-refractivity contribution in [1.29, 1.82) is 0 Å². The van der Waals surface area contributed by atoms with Crippen LogP contribution in [0.1, 0.15) is 70.6 Å². The molecule has 1 fully saturated rings. The molecule has 1 heterocycles. The van der Waals surface area contributed by atoms with Crippen molar-refractivity contribution in [3.63, 3.8) is 0 Å². The fourth-order valence-electron chi connectivity index (χ4n) is 2.95. The van der Waals surface area contributed by atoms with Crippen molar-refractivity contribution in [1.82, 2.24) is 0 Å². The van der Waals surface area contributed by atoms with Crippen LogP contribution in [0.3, 0.4) is 0 Å². The van der Waals surface area contributed by atoms with Gasteiger partial charge in [-0.1, -0.05) is 44.9 Å². The third kappa shape index (κ3) is 7.10. The van der Waals surface area contributed by atoms with Crippen molar-refractivity contribution >= 4 is 14.8 Å². The van der Waals surface area contributed by atoms with Gasteiger partial charge in [0.05, 0.1) is 6.61 Å². The Morgan fingerprint density at radius 2 is 1.86 bits per heavy atom. The van der Waals surface area contributed by atoms with Crippen LogP contribution in [0.15, 0.2) is 12.7 Å². The van der Waals surface area contributed by atoms with E-state index in [1.165, 1.54) is 25.7 Å². The van der Waals surface area contributed by atoms with Gasteiger partial charge in [-0.15, -0.1) is 6.58 Å². The molecule has 4 heteroatoms. The van der Waals surface area contributed by atoms with Gasteiger partial charge in [0.2, 0.25) is 0 Å². The lowest BCUT2D eigenvalue weighted by Gasteiger charge is -2.39. The van der Waals surface area contributed by atoms with Gasteiger partial charge in [0.25, 0.3) is 0 Å². The summed E-state index contributed by atoms with van der Waals surface area (Å²) in [6.45, 7) is 8.89. The average molecular weight is 327 g/mol. The first-order chi connectivity index (χ1) is 10.6. The van der Waals surface area contributed by atoms with Crippen LogP contribution in [0.2, 0.25) is 13.1 Å². The van der Waals surface area contributed by atoms with E-state index in [1.54, 1.807) is 0 Å². The van der Waals surface area contributed by atoms with Crippen LogP contribution in [0.4, 0.5) is 0 Å². The third-order valence-corrected chi connectivity index (χ3v) is 6.80. The van der Waals surface area contributed by atoms with Gasteiger partial charge in [0.15, 0.2) is 5.41 Å². The van der Waals surface area contributed by atoms with Crippen LogP contribution < -0.4 is 0 Å². The number of esters is 1. The SMILES string of the molecule is C=CCCCCCCCCC(=O)OC1([SiH](C)C)CCCCO1. The van der Waals surface area contributed by atoms with Gasteiger partial charge in [-0.2, -0.15) is 0 Å². The van der Waals surface area contributed by atoms with E-state index < -0.39 is 14.2 Å². The van der Waals surface area contributed by atoms with Crippen LogP contribution in [-0.4, -0.2) is 26.8 Å². The molecule has 0 aromatic carbocycles. The summed E-state index contributed by atoms with van der Waals surface area (Å²) in [6.07, 6.45) is 13.8. The molecule has 0 bridgehead atoms. The highest BCUT2D eigenvalue weighted by atomic mass is 28.3. The van der Waals surface area contributed by atoms with Crippen LogP contribution in [-0.2, 0) is 14.3 Å². The summed E-state index contributed by atoms with van der Waals surface area (Å²) in [5.74, 6) is -0.0604. The Bertz CT molecular complexity index is 322. The smallest absolute Gasteiger partial charge is 0.308 e. The zero-order valence-electron chi connectivity index (χ0n) is 14.6. The summed E-state index contributed by atoms with van der Waals surface area (Å²) in [5, 5.41) is 0. The molecule has 0 radical (unpaired) electrons. The zero-order chi connectivity index (χ0) is 16.3. The van der Waals surface area contributed by atoms with Crippen LogP contribution in [0.25, 0.3) is 0 Å². The molecule has 0 spiro atoms. The van der Waals surface area contributed by atoms with Crippen LogP contribution >= 0.6 is 0 Å². The predicted octanol–water partition coefficient (Wildman–Crippen LogP) is 4.76. The molecule has 1 aliphatic heterocycles. The molecule has 0 aromatic rings. The Morgan fingerprint density at radius 1 is 1.18 bits per heavy atom. The molecule has 128 valence electrons. The Hall–Kier alpha value is -0.613. The fourth-order valence-corrected chi connectivity index (χ4v) is 4.55. The van der Waals surface area contributed by atoms with Gasteiger partial charge >= 0.3 is 5.97 Å². The Morgan fingerprint density at radius 3 is 2.45 bits per heavy atom. The van der Waals surface area contributed by atoms with E-state index in [0.717, 1.165) is 45.1 Å². The minimum atomic E-state index is -1.18. The number of carbonyl (C=O) groups excluding carboxylic acids is 1. The molecule has 0 saturated carbocycles. The van der Waals surface area contributed by atoms with E-state index in [-0.39, 0.29) is 5.97 Å². The van der Waals surface area contributed by atoms with Crippen molar-refractivity contribution in [2.75, 3.05) is 6.61 Å². The lowest BCUT2D eigenvalue weighted by atomic mass is 10.1. The van der Waals surface area contributed by atoms with Crippen molar-refractivity contribution in [3.05, 3.63) is 12.7 Å². The van der Waals surface area contributed by atoms with Crippen molar-refractivity contribution in [2.24, 2.45) is 0 Å². The first kappa shape index (κ1) is 19.4. The highest BCUT2D eigenvalue weighted by Crippen LogP contribution is 2.29. The predicted molar refractivity (Wildman–Crippen MR) is 94.6 cm³/mol. The molecular formula is C18H34O3Si. The highest BCUT2D eigenvalue weighted by molar-refractivity contribution is 6.58. The number of allylic oxidation sites excluding steroid dienone is 1. The maximum atomic E-state index is 12.1. The summed E-state index contributed by atoms with van der Waals surface area (Å²) in [5.41, 5.74) is -0.528. The quantitative estimate of drug-likeness (QED) is 0.238. The maximum absolute atomic E-state index is 12.1. The minimum absolute atomic E-state index is 0.0604. The largest absolute Gasteiger partial charge is 0.438 e. The topological polar surface area (TPSA) is 35.5 Å². The second-order valence-corrected chi connectivity index (χ2v) is 9.88. The summed E-state index contributed by atoms with van der Waals surface area (Å²) in [6, 6.07) is 0. The first-order valence-corrected chi connectivity index (χ1v) is 12.0. The van der Waals surface area contributed by atoms with Gasteiger partial charge in [-0.3, -0.25) is 4.79 Å². The number of ether oxygens (including phenoxy) is 2. The van der Waals surface area contributed by atoms with Gasteiger partial charge in [-0.25, -0.2) is 0 Å². The molecular weight excluding hydrogens is 292 g/mol. The summed E-state index contributed by atoms with van der Waals surface area (Å²) < 4.78 is 11.7. The zero-order valence-corrected chi connectivity index (χ0v) is 15.7. The summed E-state index contributed by atoms with van der Waals surface area (Å²) >= 11 is 0. The molecule has 0 aromatic heterocycles. The Balaban J connectivity index is 2.15. The van der Waals surface area contributed by atoms with Crippen molar-refractivity contribution < 1.29 is 14.3 Å². The average Bonchev–Trinajstić information content (AvgIpc) is 2.50. The maximum Gasteiger partial charge on any atom is 0.308 e. The van der Waals surface area contributed by atoms with E-state index >= 15 is 0 Å². The van der Waals surface area contributed by atoms with E-state index in [1.807, 2.05) is 6.08 Å². The molecule has 3 nitrogen and oxygen atoms in total. The number of unbranched alkanes of at least 4 members (excludes halogenated alkanes) is 6. The molecule has 0 aliphatic carbocycles. The summed E-state index contributed by atoms with van der Waals surface area (Å²) in [7, 11) is -1.18. The van der Waals surface area contributed by atoms with E-state index in [4.69, 9.17) is 9.47 Å². The molecule has 0 N–H and O–H groups in total. The number of hydrogen-bond donors (Lipinski definition) is 0. The van der Waals surface area contributed by atoms with E-state index in [9.17, 15) is 4.79 Å². The fraction of sp³-hybridized carbons (Fsp3) is 0.833. The summed E-state index contributed by atoms with van der Waals surface area (Å²) in [4.78, 5) is 12.1. The molecule has 1 rings (SSSR count). The van der Waals surface area contributed by atoms with Crippen molar-refractivity contribution in [3.8, 4) is 0 Å². The van der Waals surface area contributed by atoms with Crippen LogP contribution in [0.5, 0.6) is 0 Å². The molecule has 1 unspecified atom stereocenters. The normalized spacial score (nSPS) is 21.8. The standard InChI is InChI=1S/C18H34O3Si/c1-4-5-6-7-8-9-10-11-14-17(19)21-18(22(2)3)15-12-13-16-20-18/h4,22H,1,5-16H2,2-3H3. The van der Waals surface area contributed by atoms with Gasteiger partial charge in [-0.05, 0) is 32.1 Å². The van der Waals surface area contributed by atoms with E-state index in [2.05, 4.69) is 19.7 Å². The molecule has 1 aliphatic rings. The first-order valence-electron chi connectivity index (χ1n) is 9.07. The number of hydrogen-bond acceptors (Lipinski definition) is 3. The van der Waals surface area contributed by atoms with Gasteiger partial charge in [0.1, 0.15) is 8.80 Å². The van der Waals surface area contributed by atoms with E-state index in [0.29, 0.717) is 6.42 Å². The van der Waals surface area contributed by atoms with Crippen LogP contribution in [0, 0.1) is 0 Å². The Kier molecular flexibility index (Phi) is 9.72. The lowest BCUT2D eigenvalue weighted by Crippen LogP contribution is -2.51. The lowest BCUT2D eigenvalue weighted by molar-refractivity contribution is -0.209. The molecule has 0 amide bonds. The van der Waals surface area contributed by atoms with Crippen molar-refractivity contribution in [2.45, 2.75) is 89.1 Å². The van der Waals surface area contributed by atoms with Gasteiger partial charge < -0.3 is 9.47 Å². The minimum Gasteiger partial charge on any atom is -0.438 e. The second-order valence-electron chi connectivity index (χ2n) is 6.69. The van der Waals surface area contributed by atoms with Gasteiger partial charge in [0, 0.05) is 12.8 Å². The number of rotatable bonds is 11. The molecule has 1 saturated heterocycles. The third-order valence-electron chi connectivity index (χ3n) is 4.47. The monoisotopic (exact) mass is 326 g/mol. The highest BCUT2D eigenvalue weighted by Gasteiger charge is 2.40. The molecule has 1 atom stereocenters. The number of carbonyl (C=O) groups is 1. The second kappa shape index (κ2) is 11.0. The Labute approximate surface area is 138 Å². The molecule has 22 heavy (non-hydrogen) atoms.